The van der Waals surface area contributed by atoms with Gasteiger partial charge in [-0.25, -0.2) is 0 Å². The molecule has 2 unspecified atom stereocenters. The number of nitrogens with one attached hydrogen (secondary N) is 1. The molecule has 0 aromatic heterocycles. The van der Waals surface area contributed by atoms with Crippen LogP contribution in [0.1, 0.15) is 13.3 Å². The van der Waals surface area contributed by atoms with Gasteiger partial charge in [0, 0.05) is 11.6 Å². The molecule has 1 aliphatic heterocycles. The Bertz CT molecular complexity index is 218. The lowest BCUT2D eigenvalue weighted by atomic mass is 10.0. The summed E-state index contributed by atoms with van der Waals surface area (Å²) in [4.78, 5) is 11.5. The Morgan fingerprint density at radius 3 is 2.92 bits per heavy atom. The second kappa shape index (κ2) is 4.63. The van der Waals surface area contributed by atoms with Gasteiger partial charge < -0.3 is 10.1 Å². The van der Waals surface area contributed by atoms with Gasteiger partial charge in [0.15, 0.2) is 0 Å². The number of amides is 1. The maximum atomic E-state index is 11.5. The highest BCUT2D eigenvalue weighted by atomic mass is 35.5. The van der Waals surface area contributed by atoms with E-state index in [2.05, 4.69) is 11.9 Å². The molecule has 0 radical (unpaired) electrons. The van der Waals surface area contributed by atoms with Gasteiger partial charge in [-0.15, -0.1) is 0 Å². The van der Waals surface area contributed by atoms with E-state index in [1.165, 1.54) is 0 Å². The summed E-state index contributed by atoms with van der Waals surface area (Å²) in [6.45, 7) is 6.41. The summed E-state index contributed by atoms with van der Waals surface area (Å²) in [7, 11) is 0. The van der Waals surface area contributed by atoms with Crippen molar-refractivity contribution in [2.45, 2.75) is 19.4 Å². The van der Waals surface area contributed by atoms with Crippen LogP contribution in [0.3, 0.4) is 0 Å². The van der Waals surface area contributed by atoms with Gasteiger partial charge >= 0.3 is 0 Å². The first-order valence-corrected chi connectivity index (χ1v) is 4.71. The van der Waals surface area contributed by atoms with Crippen molar-refractivity contribution in [2.24, 2.45) is 5.92 Å². The fourth-order valence-corrected chi connectivity index (χ4v) is 1.46. The summed E-state index contributed by atoms with van der Waals surface area (Å²) in [5, 5.41) is 3.15. The lowest BCUT2D eigenvalue weighted by Gasteiger charge is -2.13. The van der Waals surface area contributed by atoms with E-state index in [-0.39, 0.29) is 17.9 Å². The van der Waals surface area contributed by atoms with E-state index in [4.69, 9.17) is 16.3 Å². The van der Waals surface area contributed by atoms with Crippen LogP contribution in [-0.4, -0.2) is 25.2 Å². The molecule has 0 aromatic carbocycles. The second-order valence-corrected chi connectivity index (χ2v) is 3.74. The minimum atomic E-state index is -0.0315. The van der Waals surface area contributed by atoms with Crippen molar-refractivity contribution in [1.29, 1.82) is 0 Å². The predicted molar refractivity (Wildman–Crippen MR) is 51.5 cm³/mol. The summed E-state index contributed by atoms with van der Waals surface area (Å²) >= 11 is 5.52. The summed E-state index contributed by atoms with van der Waals surface area (Å²) in [5.41, 5.74) is 0. The van der Waals surface area contributed by atoms with E-state index in [0.29, 0.717) is 18.2 Å². The van der Waals surface area contributed by atoms with Crippen LogP contribution in [0.2, 0.25) is 0 Å². The minimum absolute atomic E-state index is 0.00630. The van der Waals surface area contributed by atoms with E-state index in [1.54, 1.807) is 0 Å². The van der Waals surface area contributed by atoms with E-state index >= 15 is 0 Å². The van der Waals surface area contributed by atoms with E-state index in [1.807, 2.05) is 6.92 Å². The maximum absolute atomic E-state index is 11.5. The average molecular weight is 204 g/mol. The molecule has 0 aromatic rings. The number of carbonyl (C=O) groups is 1. The predicted octanol–water partition coefficient (Wildman–Crippen LogP) is 1.28. The molecule has 0 spiro atoms. The first-order valence-electron chi connectivity index (χ1n) is 4.34. The van der Waals surface area contributed by atoms with Crippen LogP contribution < -0.4 is 5.32 Å². The zero-order chi connectivity index (χ0) is 9.84. The van der Waals surface area contributed by atoms with Crippen molar-refractivity contribution in [3.63, 3.8) is 0 Å². The number of rotatable bonds is 3. The van der Waals surface area contributed by atoms with E-state index in [9.17, 15) is 4.79 Å². The van der Waals surface area contributed by atoms with Gasteiger partial charge in [-0.3, -0.25) is 4.79 Å². The molecule has 1 aliphatic rings. The third kappa shape index (κ3) is 3.01. The van der Waals surface area contributed by atoms with Crippen LogP contribution in [0.25, 0.3) is 0 Å². The Hall–Kier alpha value is -0.540. The summed E-state index contributed by atoms with van der Waals surface area (Å²) in [6.07, 6.45) is 0.811. The number of ether oxygens (including phenoxy) is 1. The van der Waals surface area contributed by atoms with E-state index < -0.39 is 0 Å². The van der Waals surface area contributed by atoms with E-state index in [0.717, 1.165) is 6.42 Å². The van der Waals surface area contributed by atoms with Gasteiger partial charge in [0.05, 0.1) is 18.6 Å². The Balaban J connectivity index is 2.34. The summed E-state index contributed by atoms with van der Waals surface area (Å²) in [6, 6.07) is 0. The third-order valence-electron chi connectivity index (χ3n) is 2.17. The molecule has 4 heteroatoms. The fraction of sp³-hybridized carbons (Fsp3) is 0.667. The fourth-order valence-electron chi connectivity index (χ4n) is 1.39. The van der Waals surface area contributed by atoms with Crippen molar-refractivity contribution in [1.82, 2.24) is 5.32 Å². The molecule has 1 amide bonds. The summed E-state index contributed by atoms with van der Waals surface area (Å²) in [5.74, 6) is -0.0252. The van der Waals surface area contributed by atoms with Crippen molar-refractivity contribution in [2.75, 3.05) is 13.2 Å². The second-order valence-electron chi connectivity index (χ2n) is 3.21. The Morgan fingerprint density at radius 1 is 1.77 bits per heavy atom. The lowest BCUT2D eigenvalue weighted by molar-refractivity contribution is -0.126. The lowest BCUT2D eigenvalue weighted by Crippen LogP contribution is -2.34. The average Bonchev–Trinajstić information content (AvgIpc) is 2.47. The van der Waals surface area contributed by atoms with Crippen LogP contribution in [0, 0.1) is 5.92 Å². The monoisotopic (exact) mass is 203 g/mol. The van der Waals surface area contributed by atoms with Crippen molar-refractivity contribution < 1.29 is 9.53 Å². The van der Waals surface area contributed by atoms with Crippen LogP contribution in [0.4, 0.5) is 0 Å². The smallest absolute Gasteiger partial charge is 0.226 e. The molecule has 13 heavy (non-hydrogen) atoms. The Labute approximate surface area is 83.1 Å². The standard InChI is InChI=1S/C9H14ClNO2/c1-6(10)5-11-9(12)8-3-4-13-7(8)2/h7-8H,1,3-5H2,2H3,(H,11,12). The molecule has 1 saturated heterocycles. The molecule has 1 rings (SSSR count). The molecule has 1 heterocycles. The van der Waals surface area contributed by atoms with Crippen LogP contribution in [0.5, 0.6) is 0 Å². The number of halogens is 1. The zero-order valence-electron chi connectivity index (χ0n) is 7.68. The van der Waals surface area contributed by atoms with Gasteiger partial charge in [0.1, 0.15) is 0 Å². The van der Waals surface area contributed by atoms with Crippen molar-refractivity contribution >= 4 is 17.5 Å². The topological polar surface area (TPSA) is 38.3 Å². The van der Waals surface area contributed by atoms with Gasteiger partial charge in [-0.05, 0) is 13.3 Å². The molecular formula is C9H14ClNO2. The van der Waals surface area contributed by atoms with Crippen LogP contribution in [0.15, 0.2) is 11.6 Å². The number of hydrogen-bond donors (Lipinski definition) is 1. The van der Waals surface area contributed by atoms with Gasteiger partial charge in [0.25, 0.3) is 0 Å². The van der Waals surface area contributed by atoms with Gasteiger partial charge in [-0.2, -0.15) is 0 Å². The number of carbonyl (C=O) groups excluding carboxylic acids is 1. The normalized spacial score (nSPS) is 27.2. The largest absolute Gasteiger partial charge is 0.378 e. The van der Waals surface area contributed by atoms with Crippen LogP contribution in [-0.2, 0) is 9.53 Å². The van der Waals surface area contributed by atoms with Gasteiger partial charge in [-0.1, -0.05) is 18.2 Å². The molecular weight excluding hydrogens is 190 g/mol. The molecule has 3 nitrogen and oxygen atoms in total. The maximum Gasteiger partial charge on any atom is 0.226 e. The zero-order valence-corrected chi connectivity index (χ0v) is 8.43. The van der Waals surface area contributed by atoms with Crippen molar-refractivity contribution in [3.05, 3.63) is 11.6 Å². The highest BCUT2D eigenvalue weighted by Gasteiger charge is 2.30. The molecule has 1 N–H and O–H groups in total. The third-order valence-corrected chi connectivity index (χ3v) is 2.30. The highest BCUT2D eigenvalue weighted by molar-refractivity contribution is 6.29. The number of hydrogen-bond acceptors (Lipinski definition) is 2. The first kappa shape index (κ1) is 10.5. The van der Waals surface area contributed by atoms with Crippen molar-refractivity contribution in [3.8, 4) is 0 Å². The van der Waals surface area contributed by atoms with Gasteiger partial charge in [0.2, 0.25) is 5.91 Å². The molecule has 0 saturated carbocycles. The Kier molecular flexibility index (Phi) is 3.75. The Morgan fingerprint density at radius 2 is 2.46 bits per heavy atom. The quantitative estimate of drug-likeness (QED) is 0.751. The molecule has 74 valence electrons. The SMILES string of the molecule is C=C(Cl)CNC(=O)C1CCOC1C. The molecule has 0 aliphatic carbocycles. The van der Waals surface area contributed by atoms with Crippen LogP contribution >= 0.6 is 11.6 Å². The molecule has 0 bridgehead atoms. The minimum Gasteiger partial charge on any atom is -0.378 e. The molecule has 1 fully saturated rings. The highest BCUT2D eigenvalue weighted by Crippen LogP contribution is 2.20. The summed E-state index contributed by atoms with van der Waals surface area (Å²) < 4.78 is 5.28. The molecule has 2 atom stereocenters. The first-order chi connectivity index (χ1) is 6.11.